The number of H-pyrrole nitrogens is 1. The van der Waals surface area contributed by atoms with Crippen LogP contribution < -0.4 is 0 Å². The normalized spacial score (nSPS) is 8.38. The molecule has 0 saturated carbocycles. The van der Waals surface area contributed by atoms with Crippen LogP contribution in [0.3, 0.4) is 0 Å². The van der Waals surface area contributed by atoms with Crippen LogP contribution in [0.4, 0.5) is 0 Å². The molecule has 16 heavy (non-hydrogen) atoms. The summed E-state index contributed by atoms with van der Waals surface area (Å²) >= 11 is 0. The number of aromatic amines is 1. The zero-order valence-electron chi connectivity index (χ0n) is 9.32. The van der Waals surface area contributed by atoms with Gasteiger partial charge in [-0.25, -0.2) is 14.6 Å². The Morgan fingerprint density at radius 3 is 1.88 bits per heavy atom. The number of aromatic nitrogens is 2. The van der Waals surface area contributed by atoms with Gasteiger partial charge in [0, 0.05) is 23.5 Å². The number of carbonyl (C=O) groups excluding carboxylic acids is 2. The van der Waals surface area contributed by atoms with Gasteiger partial charge in [0.2, 0.25) is 0 Å². The van der Waals surface area contributed by atoms with Crippen molar-refractivity contribution >= 4 is 11.9 Å². The van der Waals surface area contributed by atoms with Crippen molar-refractivity contribution in [3.8, 4) is 0 Å². The highest BCUT2D eigenvalue weighted by Gasteiger charge is 2.10. The topological polar surface area (TPSA) is 72.1 Å². The van der Waals surface area contributed by atoms with E-state index in [9.17, 15) is 9.59 Å². The van der Waals surface area contributed by atoms with Gasteiger partial charge < -0.3 is 9.72 Å². The van der Waals surface area contributed by atoms with E-state index in [1.807, 2.05) is 0 Å². The second-order valence-electron chi connectivity index (χ2n) is 3.00. The fraction of sp³-hybridized carbons (Fsp3) is 0.182. The molecule has 0 aliphatic rings. The van der Waals surface area contributed by atoms with Crippen LogP contribution in [-0.2, 0) is 14.3 Å². The van der Waals surface area contributed by atoms with E-state index in [0.29, 0.717) is 0 Å². The number of hydrogen-bond acceptors (Lipinski definition) is 4. The molecular weight excluding hydrogens is 208 g/mol. The molecule has 0 unspecified atom stereocenters. The fourth-order valence-electron chi connectivity index (χ4n) is 0.474. The molecule has 0 radical (unpaired) electrons. The van der Waals surface area contributed by atoms with Crippen molar-refractivity contribution < 1.29 is 14.3 Å². The Hall–Kier alpha value is -2.17. The van der Waals surface area contributed by atoms with Gasteiger partial charge in [-0.1, -0.05) is 13.2 Å². The maximum Gasteiger partial charge on any atom is 0.340 e. The molecule has 5 heteroatoms. The first-order valence-corrected chi connectivity index (χ1v) is 4.45. The zero-order chi connectivity index (χ0) is 12.6. The van der Waals surface area contributed by atoms with Gasteiger partial charge in [0.05, 0.1) is 6.33 Å². The molecule has 0 aliphatic heterocycles. The summed E-state index contributed by atoms with van der Waals surface area (Å²) in [5.74, 6) is -1.42. The Bertz CT molecular complexity index is 339. The minimum absolute atomic E-state index is 0.194. The van der Waals surface area contributed by atoms with Crippen molar-refractivity contribution in [1.82, 2.24) is 9.97 Å². The van der Waals surface area contributed by atoms with Gasteiger partial charge in [-0.3, -0.25) is 0 Å². The van der Waals surface area contributed by atoms with Crippen molar-refractivity contribution in [2.24, 2.45) is 0 Å². The van der Waals surface area contributed by atoms with Crippen LogP contribution in [0.2, 0.25) is 0 Å². The largest absolute Gasteiger partial charge is 0.386 e. The summed E-state index contributed by atoms with van der Waals surface area (Å²) in [6, 6.07) is 0. The Morgan fingerprint density at radius 1 is 1.19 bits per heavy atom. The van der Waals surface area contributed by atoms with Crippen LogP contribution in [0.5, 0.6) is 0 Å². The van der Waals surface area contributed by atoms with E-state index in [2.05, 4.69) is 27.9 Å². The summed E-state index contributed by atoms with van der Waals surface area (Å²) in [5, 5.41) is 0. The smallest absolute Gasteiger partial charge is 0.340 e. The van der Waals surface area contributed by atoms with Crippen molar-refractivity contribution in [1.29, 1.82) is 0 Å². The summed E-state index contributed by atoms with van der Waals surface area (Å²) in [6.07, 6.45) is 5.08. The number of rotatable bonds is 2. The molecule has 0 fully saturated rings. The van der Waals surface area contributed by atoms with Crippen molar-refractivity contribution in [3.63, 3.8) is 0 Å². The molecule has 1 N–H and O–H groups in total. The number of hydrogen-bond donors (Lipinski definition) is 1. The Balaban J connectivity index is 0.000000368. The molecule has 1 heterocycles. The highest BCUT2D eigenvalue weighted by molar-refractivity contribution is 6.00. The number of nitrogens with one attached hydrogen (secondary N) is 1. The predicted molar refractivity (Wildman–Crippen MR) is 59.3 cm³/mol. The zero-order valence-corrected chi connectivity index (χ0v) is 9.32. The molecule has 0 bridgehead atoms. The second kappa shape index (κ2) is 7.17. The first-order valence-electron chi connectivity index (χ1n) is 4.45. The van der Waals surface area contributed by atoms with E-state index in [-0.39, 0.29) is 11.1 Å². The maximum atomic E-state index is 10.7. The van der Waals surface area contributed by atoms with Crippen LogP contribution in [-0.4, -0.2) is 21.9 Å². The lowest BCUT2D eigenvalue weighted by Gasteiger charge is -1.99. The average Bonchev–Trinajstić information content (AvgIpc) is 2.74. The third-order valence-electron chi connectivity index (χ3n) is 1.29. The second-order valence-corrected chi connectivity index (χ2v) is 3.00. The molecular formula is C11H14N2O3. The standard InChI is InChI=1S/C8H10O3.C3H4N2/c1-5(2)7(9)11-8(10)6(3)4;1-2-5-3-4-1/h1,3H2,2,4H3;1-3H,(H,4,5). The Morgan fingerprint density at radius 2 is 1.69 bits per heavy atom. The molecule has 0 atom stereocenters. The molecule has 0 saturated heterocycles. The lowest BCUT2D eigenvalue weighted by molar-refractivity contribution is -0.153. The minimum atomic E-state index is -0.710. The van der Waals surface area contributed by atoms with E-state index < -0.39 is 11.9 Å². The van der Waals surface area contributed by atoms with Crippen LogP contribution in [0, 0.1) is 0 Å². The molecule has 0 aliphatic carbocycles. The SMILES string of the molecule is C=C(C)C(=O)OC(=O)C(=C)C.c1c[nH]cn1. The van der Waals surface area contributed by atoms with Crippen molar-refractivity contribution in [2.75, 3.05) is 0 Å². The minimum Gasteiger partial charge on any atom is -0.386 e. The third kappa shape index (κ3) is 6.31. The van der Waals surface area contributed by atoms with E-state index >= 15 is 0 Å². The lowest BCUT2D eigenvalue weighted by atomic mass is 10.3. The van der Waals surface area contributed by atoms with Gasteiger partial charge in [-0.05, 0) is 13.8 Å². The summed E-state index contributed by atoms with van der Waals surface area (Å²) in [6.45, 7) is 9.55. The van der Waals surface area contributed by atoms with Gasteiger partial charge in [-0.2, -0.15) is 0 Å². The van der Waals surface area contributed by atoms with E-state index in [1.54, 1.807) is 18.7 Å². The number of carbonyl (C=O) groups is 2. The number of nitrogens with zero attached hydrogens (tertiary/aromatic N) is 1. The maximum absolute atomic E-state index is 10.7. The van der Waals surface area contributed by atoms with Gasteiger partial charge in [0.1, 0.15) is 0 Å². The summed E-state index contributed by atoms with van der Waals surface area (Å²) in [5.41, 5.74) is 0.388. The van der Waals surface area contributed by atoms with E-state index in [0.717, 1.165) is 0 Å². The first kappa shape index (κ1) is 13.8. The lowest BCUT2D eigenvalue weighted by Crippen LogP contribution is -2.12. The van der Waals surface area contributed by atoms with Gasteiger partial charge in [0.15, 0.2) is 0 Å². The highest BCUT2D eigenvalue weighted by Crippen LogP contribution is 1.97. The number of esters is 2. The predicted octanol–water partition coefficient (Wildman–Crippen LogP) is 1.62. The van der Waals surface area contributed by atoms with Gasteiger partial charge in [-0.15, -0.1) is 0 Å². The van der Waals surface area contributed by atoms with Crippen LogP contribution in [0.1, 0.15) is 13.8 Å². The summed E-state index contributed by atoms with van der Waals surface area (Å²) < 4.78 is 4.30. The molecule has 0 amide bonds. The van der Waals surface area contributed by atoms with Crippen molar-refractivity contribution in [3.05, 3.63) is 43.0 Å². The molecule has 5 nitrogen and oxygen atoms in total. The van der Waals surface area contributed by atoms with Gasteiger partial charge >= 0.3 is 11.9 Å². The van der Waals surface area contributed by atoms with Gasteiger partial charge in [0.25, 0.3) is 0 Å². The summed E-state index contributed by atoms with van der Waals surface area (Å²) in [4.78, 5) is 27.8. The van der Waals surface area contributed by atoms with Crippen LogP contribution in [0.25, 0.3) is 0 Å². The first-order chi connectivity index (χ1) is 7.45. The molecule has 1 rings (SSSR count). The fourth-order valence-corrected chi connectivity index (χ4v) is 0.474. The molecule has 0 spiro atoms. The van der Waals surface area contributed by atoms with E-state index in [1.165, 1.54) is 13.8 Å². The quantitative estimate of drug-likeness (QED) is 0.469. The third-order valence-corrected chi connectivity index (χ3v) is 1.29. The molecule has 86 valence electrons. The number of ether oxygens (including phenoxy) is 1. The molecule has 1 aromatic rings. The average molecular weight is 222 g/mol. The van der Waals surface area contributed by atoms with Crippen LogP contribution in [0.15, 0.2) is 43.0 Å². The summed E-state index contributed by atoms with van der Waals surface area (Å²) in [7, 11) is 0. The molecule has 1 aromatic heterocycles. The monoisotopic (exact) mass is 222 g/mol. The number of imidazole rings is 1. The van der Waals surface area contributed by atoms with Crippen molar-refractivity contribution in [2.45, 2.75) is 13.8 Å². The highest BCUT2D eigenvalue weighted by atomic mass is 16.6. The van der Waals surface area contributed by atoms with Crippen LogP contribution >= 0.6 is 0 Å². The Labute approximate surface area is 93.8 Å². The van der Waals surface area contributed by atoms with E-state index in [4.69, 9.17) is 0 Å². The molecule has 0 aromatic carbocycles. The Kier molecular flexibility index (Phi) is 6.19.